The molecule has 2 atom stereocenters. The van der Waals surface area contributed by atoms with Gasteiger partial charge in [-0.25, -0.2) is 0 Å². The molecular weight excluding hydrogens is 252 g/mol. The second-order valence-electron chi connectivity index (χ2n) is 5.57. The van der Waals surface area contributed by atoms with Gasteiger partial charge in [-0.05, 0) is 43.0 Å². The average Bonchev–Trinajstić information content (AvgIpc) is 2.44. The molecule has 1 aliphatic rings. The van der Waals surface area contributed by atoms with Crippen molar-refractivity contribution in [2.24, 2.45) is 5.92 Å². The van der Waals surface area contributed by atoms with Gasteiger partial charge in [-0.2, -0.15) is 0 Å². The van der Waals surface area contributed by atoms with Gasteiger partial charge in [-0.3, -0.25) is 4.79 Å². The van der Waals surface area contributed by atoms with Crippen molar-refractivity contribution in [2.45, 2.75) is 38.6 Å². The molecule has 0 aromatic heterocycles. The lowest BCUT2D eigenvalue weighted by Crippen LogP contribution is -2.30. The summed E-state index contributed by atoms with van der Waals surface area (Å²) in [7, 11) is 1.51. The summed E-state index contributed by atoms with van der Waals surface area (Å²) < 4.78 is 4.79. The summed E-state index contributed by atoms with van der Waals surface area (Å²) in [4.78, 5) is 11.4. The minimum Gasteiger partial charge on any atom is -0.382 e. The molecule has 4 heteroatoms. The summed E-state index contributed by atoms with van der Waals surface area (Å²) in [5.41, 5.74) is 1.92. The van der Waals surface area contributed by atoms with Crippen molar-refractivity contribution in [1.29, 1.82) is 0 Å². The van der Waals surface area contributed by atoms with Gasteiger partial charge >= 0.3 is 0 Å². The van der Waals surface area contributed by atoms with Gasteiger partial charge in [0, 0.05) is 24.5 Å². The van der Waals surface area contributed by atoms with Gasteiger partial charge < -0.3 is 15.4 Å². The third-order valence-corrected chi connectivity index (χ3v) is 3.91. The number of hydrogen-bond donors (Lipinski definition) is 2. The molecule has 0 spiro atoms. The Morgan fingerprint density at radius 3 is 2.50 bits per heavy atom. The number of amides is 1. The van der Waals surface area contributed by atoms with E-state index >= 15 is 0 Å². The number of carbonyl (C=O) groups excluding carboxylic acids is 1. The number of nitrogens with one attached hydrogen (secondary N) is 2. The molecule has 1 aliphatic carbocycles. The van der Waals surface area contributed by atoms with E-state index in [1.807, 2.05) is 24.3 Å². The lowest BCUT2D eigenvalue weighted by Gasteiger charge is -2.30. The Kier molecular flexibility index (Phi) is 5.41. The molecule has 0 heterocycles. The van der Waals surface area contributed by atoms with Crippen LogP contribution in [-0.4, -0.2) is 25.7 Å². The van der Waals surface area contributed by atoms with Gasteiger partial charge in [0.25, 0.3) is 0 Å². The number of carbonyl (C=O) groups is 1. The molecule has 1 aromatic carbocycles. The largest absolute Gasteiger partial charge is 0.382 e. The first-order valence-electron chi connectivity index (χ1n) is 7.34. The van der Waals surface area contributed by atoms with Crippen LogP contribution in [0.15, 0.2) is 24.3 Å². The van der Waals surface area contributed by atoms with E-state index in [-0.39, 0.29) is 12.5 Å². The lowest BCUT2D eigenvalue weighted by atomic mass is 9.86. The van der Waals surface area contributed by atoms with E-state index in [1.54, 1.807) is 0 Å². The van der Waals surface area contributed by atoms with E-state index in [1.165, 1.54) is 32.8 Å². The minimum atomic E-state index is -0.130. The topological polar surface area (TPSA) is 50.4 Å². The number of anilines is 2. The molecule has 1 fully saturated rings. The zero-order chi connectivity index (χ0) is 14.4. The highest BCUT2D eigenvalue weighted by molar-refractivity contribution is 5.91. The molecule has 0 saturated heterocycles. The van der Waals surface area contributed by atoms with Crippen LogP contribution in [0.4, 0.5) is 11.4 Å². The number of ether oxygens (including phenoxy) is 1. The average molecular weight is 276 g/mol. The van der Waals surface area contributed by atoms with Crippen LogP contribution in [0.5, 0.6) is 0 Å². The predicted octanol–water partition coefficient (Wildman–Crippen LogP) is 3.26. The quantitative estimate of drug-likeness (QED) is 0.868. The van der Waals surface area contributed by atoms with E-state index in [9.17, 15) is 4.79 Å². The number of methoxy groups -OCH3 is 1. The van der Waals surface area contributed by atoms with Crippen LogP contribution in [0.1, 0.15) is 32.6 Å². The van der Waals surface area contributed by atoms with Crippen molar-refractivity contribution in [3.63, 3.8) is 0 Å². The van der Waals surface area contributed by atoms with Gasteiger partial charge in [-0.1, -0.05) is 19.8 Å². The monoisotopic (exact) mass is 276 g/mol. The van der Waals surface area contributed by atoms with Gasteiger partial charge in [0.05, 0.1) is 0 Å². The van der Waals surface area contributed by atoms with Crippen LogP contribution in [0.3, 0.4) is 0 Å². The molecule has 0 bridgehead atoms. The SMILES string of the molecule is COCC(=O)Nc1ccc(NC2CCCCC2C)cc1. The van der Waals surface area contributed by atoms with Crippen LogP contribution in [0.2, 0.25) is 0 Å². The zero-order valence-electron chi connectivity index (χ0n) is 12.3. The molecule has 1 saturated carbocycles. The van der Waals surface area contributed by atoms with Crippen LogP contribution in [0.25, 0.3) is 0 Å². The van der Waals surface area contributed by atoms with Gasteiger partial charge in [-0.15, -0.1) is 0 Å². The molecule has 0 radical (unpaired) electrons. The molecule has 2 N–H and O–H groups in total. The molecule has 1 aromatic rings. The molecular formula is C16H24N2O2. The smallest absolute Gasteiger partial charge is 0.250 e. The maximum absolute atomic E-state index is 11.4. The van der Waals surface area contributed by atoms with Crippen molar-refractivity contribution in [3.05, 3.63) is 24.3 Å². The standard InChI is InChI=1S/C16H24N2O2/c1-12-5-3-4-6-15(12)17-13-7-9-14(10-8-13)18-16(19)11-20-2/h7-10,12,15,17H,3-6,11H2,1-2H3,(H,18,19). The van der Waals surface area contributed by atoms with Crippen molar-refractivity contribution in [3.8, 4) is 0 Å². The summed E-state index contributed by atoms with van der Waals surface area (Å²) >= 11 is 0. The summed E-state index contributed by atoms with van der Waals surface area (Å²) in [6.07, 6.45) is 5.22. The van der Waals surface area contributed by atoms with Crippen molar-refractivity contribution in [1.82, 2.24) is 0 Å². The number of rotatable bonds is 5. The van der Waals surface area contributed by atoms with Crippen molar-refractivity contribution in [2.75, 3.05) is 24.4 Å². The van der Waals surface area contributed by atoms with Crippen LogP contribution >= 0.6 is 0 Å². The Bertz CT molecular complexity index is 431. The molecule has 2 unspecified atom stereocenters. The number of benzene rings is 1. The van der Waals surface area contributed by atoms with Crippen molar-refractivity contribution >= 4 is 17.3 Å². The minimum absolute atomic E-state index is 0.0829. The van der Waals surface area contributed by atoms with Crippen LogP contribution in [-0.2, 0) is 9.53 Å². The Balaban J connectivity index is 1.89. The summed E-state index contributed by atoms with van der Waals surface area (Å²) in [6, 6.07) is 8.44. The normalized spacial score (nSPS) is 22.3. The van der Waals surface area contributed by atoms with Crippen molar-refractivity contribution < 1.29 is 9.53 Å². The number of hydrogen-bond acceptors (Lipinski definition) is 3. The third-order valence-electron chi connectivity index (χ3n) is 3.91. The first-order chi connectivity index (χ1) is 9.69. The fraction of sp³-hybridized carbons (Fsp3) is 0.562. The first kappa shape index (κ1) is 14.9. The Labute approximate surface area is 120 Å². The highest BCUT2D eigenvalue weighted by Crippen LogP contribution is 2.27. The third kappa shape index (κ3) is 4.23. The van der Waals surface area contributed by atoms with E-state index in [2.05, 4.69) is 17.6 Å². The van der Waals surface area contributed by atoms with Gasteiger partial charge in [0.1, 0.15) is 6.61 Å². The Hall–Kier alpha value is -1.55. The Morgan fingerprint density at radius 1 is 1.20 bits per heavy atom. The van der Waals surface area contributed by atoms with E-state index in [4.69, 9.17) is 4.74 Å². The molecule has 110 valence electrons. The van der Waals surface area contributed by atoms with Crippen LogP contribution in [0, 0.1) is 5.92 Å². The highest BCUT2D eigenvalue weighted by Gasteiger charge is 2.20. The summed E-state index contributed by atoms with van der Waals surface area (Å²) in [5, 5.41) is 6.39. The van der Waals surface area contributed by atoms with E-state index in [0.29, 0.717) is 6.04 Å². The maximum Gasteiger partial charge on any atom is 0.250 e. The van der Waals surface area contributed by atoms with Gasteiger partial charge in [0.2, 0.25) is 5.91 Å². The van der Waals surface area contributed by atoms with E-state index < -0.39 is 0 Å². The maximum atomic E-state index is 11.4. The first-order valence-corrected chi connectivity index (χ1v) is 7.34. The second-order valence-corrected chi connectivity index (χ2v) is 5.57. The lowest BCUT2D eigenvalue weighted by molar-refractivity contribution is -0.119. The van der Waals surface area contributed by atoms with Crippen LogP contribution < -0.4 is 10.6 Å². The Morgan fingerprint density at radius 2 is 1.85 bits per heavy atom. The van der Waals surface area contributed by atoms with Gasteiger partial charge in [0.15, 0.2) is 0 Å². The van der Waals surface area contributed by atoms with E-state index in [0.717, 1.165) is 17.3 Å². The molecule has 0 aliphatic heterocycles. The molecule has 4 nitrogen and oxygen atoms in total. The fourth-order valence-electron chi connectivity index (χ4n) is 2.72. The highest BCUT2D eigenvalue weighted by atomic mass is 16.5. The fourth-order valence-corrected chi connectivity index (χ4v) is 2.72. The molecule has 1 amide bonds. The molecule has 2 rings (SSSR count). The molecule has 20 heavy (non-hydrogen) atoms. The summed E-state index contributed by atoms with van der Waals surface area (Å²) in [5.74, 6) is 0.596. The predicted molar refractivity (Wildman–Crippen MR) is 82.0 cm³/mol. The zero-order valence-corrected chi connectivity index (χ0v) is 12.3. The second kappa shape index (κ2) is 7.29. The summed E-state index contributed by atoms with van der Waals surface area (Å²) in [6.45, 7) is 2.40.